The Morgan fingerprint density at radius 1 is 1.08 bits per heavy atom. The Labute approximate surface area is 151 Å². The molecule has 26 heavy (non-hydrogen) atoms. The highest BCUT2D eigenvalue weighted by Crippen LogP contribution is 2.49. The number of hydrogen-bond acceptors (Lipinski definition) is 3. The predicted octanol–water partition coefficient (Wildman–Crippen LogP) is 4.10. The molecule has 1 N–H and O–H groups in total. The summed E-state index contributed by atoms with van der Waals surface area (Å²) >= 11 is 0. The molecular weight excluding hydrogens is 332 g/mol. The van der Waals surface area contributed by atoms with Gasteiger partial charge in [0.25, 0.3) is 0 Å². The predicted molar refractivity (Wildman–Crippen MR) is 98.3 cm³/mol. The van der Waals surface area contributed by atoms with Gasteiger partial charge in [-0.2, -0.15) is 0 Å². The van der Waals surface area contributed by atoms with Crippen molar-refractivity contribution >= 4 is 11.4 Å². The van der Waals surface area contributed by atoms with Crippen molar-refractivity contribution < 1.29 is 8.78 Å². The van der Waals surface area contributed by atoms with Gasteiger partial charge < -0.3 is 15.1 Å². The number of rotatable bonds is 2. The SMILES string of the molecule is Fc1cccc(N2CCCC(C3c4c(F)cccc4C4=CNCN43)C2)c1. The van der Waals surface area contributed by atoms with Crippen LogP contribution in [0.2, 0.25) is 0 Å². The van der Waals surface area contributed by atoms with Crippen molar-refractivity contribution in [3.8, 4) is 0 Å². The molecule has 3 nitrogen and oxygen atoms in total. The summed E-state index contributed by atoms with van der Waals surface area (Å²) in [5.41, 5.74) is 3.83. The topological polar surface area (TPSA) is 18.5 Å². The number of halogens is 2. The van der Waals surface area contributed by atoms with E-state index in [2.05, 4.69) is 15.1 Å². The van der Waals surface area contributed by atoms with Crippen LogP contribution in [0, 0.1) is 17.6 Å². The maximum atomic E-state index is 14.7. The maximum Gasteiger partial charge on any atom is 0.129 e. The van der Waals surface area contributed by atoms with Crippen molar-refractivity contribution in [2.24, 2.45) is 5.92 Å². The van der Waals surface area contributed by atoms with Crippen LogP contribution in [0.5, 0.6) is 0 Å². The molecule has 0 saturated carbocycles. The van der Waals surface area contributed by atoms with E-state index in [1.165, 1.54) is 6.07 Å². The zero-order valence-corrected chi connectivity index (χ0v) is 14.5. The number of nitrogens with one attached hydrogen (secondary N) is 1. The Balaban J connectivity index is 1.49. The molecule has 0 aliphatic carbocycles. The van der Waals surface area contributed by atoms with Gasteiger partial charge in [-0.15, -0.1) is 0 Å². The van der Waals surface area contributed by atoms with Crippen LogP contribution in [0.1, 0.15) is 30.0 Å². The summed E-state index contributed by atoms with van der Waals surface area (Å²) in [6.07, 6.45) is 4.07. The lowest BCUT2D eigenvalue weighted by atomic mass is 9.86. The summed E-state index contributed by atoms with van der Waals surface area (Å²) in [7, 11) is 0. The summed E-state index contributed by atoms with van der Waals surface area (Å²) < 4.78 is 28.4. The maximum absolute atomic E-state index is 14.7. The van der Waals surface area contributed by atoms with Crippen LogP contribution in [0.15, 0.2) is 48.7 Å². The van der Waals surface area contributed by atoms with E-state index in [-0.39, 0.29) is 17.7 Å². The molecule has 2 unspecified atom stereocenters. The summed E-state index contributed by atoms with van der Waals surface area (Å²) in [5, 5.41) is 3.28. The van der Waals surface area contributed by atoms with E-state index in [4.69, 9.17) is 0 Å². The van der Waals surface area contributed by atoms with Crippen molar-refractivity contribution in [1.29, 1.82) is 0 Å². The van der Waals surface area contributed by atoms with Gasteiger partial charge in [0.05, 0.1) is 18.4 Å². The lowest BCUT2D eigenvalue weighted by Gasteiger charge is -2.40. The van der Waals surface area contributed by atoms with Gasteiger partial charge in [0.15, 0.2) is 0 Å². The zero-order valence-electron chi connectivity index (χ0n) is 14.5. The third kappa shape index (κ3) is 2.37. The van der Waals surface area contributed by atoms with Crippen molar-refractivity contribution in [2.45, 2.75) is 18.9 Å². The molecule has 0 amide bonds. The first-order valence-corrected chi connectivity index (χ1v) is 9.22. The lowest BCUT2D eigenvalue weighted by molar-refractivity contribution is 0.207. The first-order chi connectivity index (χ1) is 12.7. The number of anilines is 1. The summed E-state index contributed by atoms with van der Waals surface area (Å²) in [4.78, 5) is 4.52. The molecule has 5 rings (SSSR count). The Morgan fingerprint density at radius 2 is 1.96 bits per heavy atom. The van der Waals surface area contributed by atoms with E-state index in [1.54, 1.807) is 24.3 Å². The molecule has 0 radical (unpaired) electrons. The largest absolute Gasteiger partial charge is 0.372 e. The van der Waals surface area contributed by atoms with Gasteiger partial charge in [-0.1, -0.05) is 18.2 Å². The highest BCUT2D eigenvalue weighted by atomic mass is 19.1. The van der Waals surface area contributed by atoms with Crippen LogP contribution >= 0.6 is 0 Å². The second-order valence-corrected chi connectivity index (χ2v) is 7.34. The number of benzene rings is 2. The molecule has 3 aliphatic rings. The fourth-order valence-corrected chi connectivity index (χ4v) is 4.77. The molecule has 134 valence electrons. The van der Waals surface area contributed by atoms with E-state index in [9.17, 15) is 8.78 Å². The second-order valence-electron chi connectivity index (χ2n) is 7.34. The molecule has 1 fully saturated rings. The van der Waals surface area contributed by atoms with Crippen molar-refractivity contribution in [3.05, 3.63) is 71.4 Å². The first-order valence-electron chi connectivity index (χ1n) is 9.22. The number of piperidine rings is 1. The third-order valence-electron chi connectivity index (χ3n) is 5.85. The third-order valence-corrected chi connectivity index (χ3v) is 5.85. The minimum Gasteiger partial charge on any atom is -0.372 e. The molecule has 0 spiro atoms. The lowest BCUT2D eigenvalue weighted by Crippen LogP contribution is -2.41. The van der Waals surface area contributed by atoms with Gasteiger partial charge in [0.1, 0.15) is 11.6 Å². The molecule has 0 aromatic heterocycles. The van der Waals surface area contributed by atoms with Crippen LogP contribution in [0.3, 0.4) is 0 Å². The van der Waals surface area contributed by atoms with Crippen LogP contribution < -0.4 is 10.2 Å². The molecule has 0 bridgehead atoms. The number of hydrogen-bond donors (Lipinski definition) is 1. The Bertz CT molecular complexity index is 879. The fourth-order valence-electron chi connectivity index (χ4n) is 4.77. The Morgan fingerprint density at radius 3 is 2.85 bits per heavy atom. The summed E-state index contributed by atoms with van der Waals surface area (Å²) in [6, 6.07) is 12.2. The van der Waals surface area contributed by atoms with Gasteiger partial charge in [0.2, 0.25) is 0 Å². The van der Waals surface area contributed by atoms with E-state index in [1.807, 2.05) is 18.3 Å². The zero-order chi connectivity index (χ0) is 17.7. The molecular formula is C21H21F2N3. The summed E-state index contributed by atoms with van der Waals surface area (Å²) in [5.74, 6) is -0.0324. The fraction of sp³-hybridized carbons (Fsp3) is 0.333. The van der Waals surface area contributed by atoms with Crippen LogP contribution in [-0.4, -0.2) is 24.7 Å². The monoisotopic (exact) mass is 353 g/mol. The standard InChI is InChI=1S/C21H21F2N3/c22-15-5-1-6-16(10-15)25-9-3-4-14(12-25)21-20-17(7-2-8-18(20)23)19-11-24-13-26(19)21/h1-2,5-8,10-11,14,21,24H,3-4,9,12-13H2. The van der Waals surface area contributed by atoms with Crippen LogP contribution in [-0.2, 0) is 0 Å². The Kier molecular flexibility index (Phi) is 3.62. The van der Waals surface area contributed by atoms with Gasteiger partial charge in [-0.25, -0.2) is 8.78 Å². The van der Waals surface area contributed by atoms with Crippen molar-refractivity contribution in [3.63, 3.8) is 0 Å². The van der Waals surface area contributed by atoms with E-state index >= 15 is 0 Å². The summed E-state index contributed by atoms with van der Waals surface area (Å²) in [6.45, 7) is 2.44. The van der Waals surface area contributed by atoms with E-state index < -0.39 is 0 Å². The molecule has 2 aromatic carbocycles. The van der Waals surface area contributed by atoms with Gasteiger partial charge >= 0.3 is 0 Å². The Hall–Kier alpha value is -2.56. The minimum absolute atomic E-state index is 0.0313. The minimum atomic E-state index is -0.212. The van der Waals surface area contributed by atoms with Crippen molar-refractivity contribution in [2.75, 3.05) is 24.7 Å². The quantitative estimate of drug-likeness (QED) is 0.877. The molecule has 5 heteroatoms. The molecule has 2 atom stereocenters. The van der Waals surface area contributed by atoms with Gasteiger partial charge in [-0.05, 0) is 37.1 Å². The molecule has 3 heterocycles. The van der Waals surface area contributed by atoms with Crippen molar-refractivity contribution in [1.82, 2.24) is 10.2 Å². The molecule has 2 aromatic rings. The average Bonchev–Trinajstić information content (AvgIpc) is 3.23. The van der Waals surface area contributed by atoms with Crippen LogP contribution in [0.4, 0.5) is 14.5 Å². The van der Waals surface area contributed by atoms with E-state index in [0.29, 0.717) is 12.6 Å². The second kappa shape index (κ2) is 6.01. The normalized spacial score (nSPS) is 24.2. The highest BCUT2D eigenvalue weighted by Gasteiger charge is 2.43. The molecule has 3 aliphatic heterocycles. The van der Waals surface area contributed by atoms with Gasteiger partial charge in [0, 0.05) is 42.0 Å². The first kappa shape index (κ1) is 15.7. The number of fused-ring (bicyclic) bond motifs is 3. The van der Waals surface area contributed by atoms with Gasteiger partial charge in [-0.3, -0.25) is 0 Å². The number of nitrogens with zero attached hydrogens (tertiary/aromatic N) is 2. The molecule has 1 saturated heterocycles. The average molecular weight is 353 g/mol. The van der Waals surface area contributed by atoms with E-state index in [0.717, 1.165) is 48.4 Å². The van der Waals surface area contributed by atoms with Crippen LogP contribution in [0.25, 0.3) is 5.70 Å². The smallest absolute Gasteiger partial charge is 0.129 e. The highest BCUT2D eigenvalue weighted by molar-refractivity contribution is 5.73.